The normalized spacial score (nSPS) is 12.0. The lowest BCUT2D eigenvalue weighted by atomic mass is 10.5. The van der Waals surface area contributed by atoms with E-state index in [9.17, 15) is 4.79 Å². The van der Waals surface area contributed by atoms with Crippen molar-refractivity contribution in [3.05, 3.63) is 12.2 Å². The number of allylic oxidation sites excluding steroid dienone is 1. The Labute approximate surface area is 88.9 Å². The highest BCUT2D eigenvalue weighted by atomic mass is 79.9. The van der Waals surface area contributed by atoms with Gasteiger partial charge in [-0.3, -0.25) is 0 Å². The number of halogens is 1. The van der Waals surface area contributed by atoms with Gasteiger partial charge in [0, 0.05) is 6.08 Å². The molecule has 0 saturated heterocycles. The number of hydrogen-bond donors (Lipinski definition) is 0. The van der Waals surface area contributed by atoms with E-state index < -0.39 is 6.69 Å². The monoisotopic (exact) mass is 264 g/mol. The summed E-state index contributed by atoms with van der Waals surface area (Å²) in [7, 11) is 0. The lowest BCUT2D eigenvalue weighted by Gasteiger charge is -2.12. The summed E-state index contributed by atoms with van der Waals surface area (Å²) in [5, 5.41) is 0. The fourth-order valence-corrected chi connectivity index (χ4v) is 2.68. The van der Waals surface area contributed by atoms with E-state index in [0.717, 1.165) is 12.5 Å². The summed E-state index contributed by atoms with van der Waals surface area (Å²) in [5.74, 6) is -0.239. The van der Waals surface area contributed by atoms with E-state index in [1.54, 1.807) is 13.0 Å². The molecule has 0 unspecified atom stereocenters. The zero-order valence-corrected chi connectivity index (χ0v) is 11.1. The highest BCUT2D eigenvalue weighted by Crippen LogP contribution is 2.18. The van der Waals surface area contributed by atoms with Crippen LogP contribution in [-0.2, 0) is 9.53 Å². The Bertz CT molecular complexity index is 185. The van der Waals surface area contributed by atoms with Gasteiger partial charge >= 0.3 is 5.97 Å². The molecule has 0 fully saturated rings. The molecular formula is C9H17BrO2Si. The van der Waals surface area contributed by atoms with Crippen molar-refractivity contribution in [1.29, 1.82) is 0 Å². The molecular weight excluding hydrogens is 248 g/mol. The Hall–Kier alpha value is -0.0931. The van der Waals surface area contributed by atoms with Crippen molar-refractivity contribution in [3.8, 4) is 0 Å². The van der Waals surface area contributed by atoms with Gasteiger partial charge < -0.3 is 4.74 Å². The van der Waals surface area contributed by atoms with Gasteiger partial charge in [-0.25, -0.2) is 4.79 Å². The zero-order chi connectivity index (χ0) is 10.3. The van der Waals surface area contributed by atoms with Gasteiger partial charge in [0.2, 0.25) is 0 Å². The Morgan fingerprint density at radius 1 is 1.54 bits per heavy atom. The fourth-order valence-electron chi connectivity index (χ4n) is 0.849. The van der Waals surface area contributed by atoms with Crippen molar-refractivity contribution in [2.45, 2.75) is 32.5 Å². The molecule has 0 aliphatic carbocycles. The molecule has 76 valence electrons. The first-order valence-electron chi connectivity index (χ1n) is 4.44. The summed E-state index contributed by atoms with van der Waals surface area (Å²) in [6.07, 6.45) is 4.08. The first-order valence-corrected chi connectivity index (χ1v) is 9.90. The minimum absolute atomic E-state index is 0.239. The van der Waals surface area contributed by atoms with Gasteiger partial charge in [0.15, 0.2) is 0 Å². The number of ether oxygens (including phenoxy) is 1. The SMILES string of the molecule is CC=CC(=O)OCCC[Si](C)(C)Br. The predicted octanol–water partition coefficient (Wildman–Crippen LogP) is 3.10. The highest BCUT2D eigenvalue weighted by Gasteiger charge is 2.14. The summed E-state index contributed by atoms with van der Waals surface area (Å²) in [4.78, 5) is 10.9. The topological polar surface area (TPSA) is 26.3 Å². The molecule has 0 aromatic rings. The molecule has 0 atom stereocenters. The van der Waals surface area contributed by atoms with Gasteiger partial charge in [-0.15, -0.1) is 15.3 Å². The maximum atomic E-state index is 10.9. The van der Waals surface area contributed by atoms with Gasteiger partial charge in [0.1, 0.15) is 6.69 Å². The third-order valence-electron chi connectivity index (χ3n) is 1.46. The van der Waals surface area contributed by atoms with Gasteiger partial charge in [0.25, 0.3) is 0 Å². The van der Waals surface area contributed by atoms with Crippen molar-refractivity contribution >= 4 is 28.0 Å². The number of esters is 1. The van der Waals surface area contributed by atoms with Crippen LogP contribution < -0.4 is 0 Å². The fraction of sp³-hybridized carbons (Fsp3) is 0.667. The molecule has 0 aliphatic heterocycles. The van der Waals surface area contributed by atoms with Crippen LogP contribution in [0.15, 0.2) is 12.2 Å². The largest absolute Gasteiger partial charge is 0.463 e. The molecule has 0 heterocycles. The number of rotatable bonds is 5. The second-order valence-electron chi connectivity index (χ2n) is 3.49. The Morgan fingerprint density at radius 3 is 2.62 bits per heavy atom. The first-order chi connectivity index (χ1) is 5.95. The van der Waals surface area contributed by atoms with Crippen LogP contribution in [0.5, 0.6) is 0 Å². The third-order valence-corrected chi connectivity index (χ3v) is 4.19. The van der Waals surface area contributed by atoms with E-state index in [1.807, 2.05) is 0 Å². The van der Waals surface area contributed by atoms with Crippen molar-refractivity contribution in [2.75, 3.05) is 6.61 Å². The van der Waals surface area contributed by atoms with E-state index in [1.165, 1.54) is 6.08 Å². The maximum absolute atomic E-state index is 10.9. The molecule has 0 saturated carbocycles. The zero-order valence-electron chi connectivity index (χ0n) is 8.47. The van der Waals surface area contributed by atoms with Crippen LogP contribution in [0.1, 0.15) is 13.3 Å². The molecule has 0 aliphatic rings. The summed E-state index contributed by atoms with van der Waals surface area (Å²) in [5.41, 5.74) is 0. The molecule has 4 heteroatoms. The van der Waals surface area contributed by atoms with Crippen LogP contribution in [0.4, 0.5) is 0 Å². The number of carbonyl (C=O) groups is 1. The maximum Gasteiger partial charge on any atom is 0.330 e. The number of hydrogen-bond acceptors (Lipinski definition) is 2. The molecule has 0 amide bonds. The predicted molar refractivity (Wildman–Crippen MR) is 61.6 cm³/mol. The molecule has 2 nitrogen and oxygen atoms in total. The minimum atomic E-state index is -1.14. The van der Waals surface area contributed by atoms with Crippen LogP contribution in [0, 0.1) is 0 Å². The summed E-state index contributed by atoms with van der Waals surface area (Å²) in [6, 6.07) is 1.14. The first kappa shape index (κ1) is 12.9. The number of carbonyl (C=O) groups excluding carboxylic acids is 1. The Balaban J connectivity index is 3.41. The molecule has 0 aromatic carbocycles. The van der Waals surface area contributed by atoms with E-state index in [4.69, 9.17) is 4.74 Å². The molecule has 0 N–H and O–H groups in total. The third kappa shape index (κ3) is 9.82. The van der Waals surface area contributed by atoms with Crippen molar-refractivity contribution < 1.29 is 9.53 Å². The molecule has 13 heavy (non-hydrogen) atoms. The van der Waals surface area contributed by atoms with Crippen LogP contribution in [0.25, 0.3) is 0 Å². The van der Waals surface area contributed by atoms with E-state index >= 15 is 0 Å². The quantitative estimate of drug-likeness (QED) is 0.251. The second-order valence-corrected chi connectivity index (χ2v) is 13.9. The van der Waals surface area contributed by atoms with Crippen molar-refractivity contribution in [1.82, 2.24) is 0 Å². The van der Waals surface area contributed by atoms with Crippen molar-refractivity contribution in [2.24, 2.45) is 0 Å². The van der Waals surface area contributed by atoms with E-state index in [0.29, 0.717) is 6.61 Å². The molecule has 0 rings (SSSR count). The lowest BCUT2D eigenvalue weighted by molar-refractivity contribution is -0.137. The van der Waals surface area contributed by atoms with Gasteiger partial charge in [-0.2, -0.15) is 0 Å². The summed E-state index contributed by atoms with van der Waals surface area (Å²) in [6.45, 7) is 5.66. The van der Waals surface area contributed by atoms with E-state index in [2.05, 4.69) is 28.4 Å². The van der Waals surface area contributed by atoms with Crippen molar-refractivity contribution in [3.63, 3.8) is 0 Å². The van der Waals surface area contributed by atoms with Crippen LogP contribution in [-0.4, -0.2) is 19.3 Å². The average Bonchev–Trinajstić information content (AvgIpc) is 1.97. The molecule has 0 radical (unpaired) electrons. The lowest BCUT2D eigenvalue weighted by Crippen LogP contribution is -2.16. The second kappa shape index (κ2) is 6.37. The molecule has 0 aromatic heterocycles. The average molecular weight is 265 g/mol. The molecule has 0 spiro atoms. The Morgan fingerprint density at radius 2 is 2.15 bits per heavy atom. The van der Waals surface area contributed by atoms with Gasteiger partial charge in [-0.05, 0) is 19.4 Å². The van der Waals surface area contributed by atoms with E-state index in [-0.39, 0.29) is 5.97 Å². The standard InChI is InChI=1S/C9H17BrO2Si/c1-4-6-9(11)12-7-5-8-13(2,3)10/h4,6H,5,7-8H2,1-3H3. The van der Waals surface area contributed by atoms with Gasteiger partial charge in [-0.1, -0.05) is 19.2 Å². The highest BCUT2D eigenvalue weighted by molar-refractivity contribution is 9.26. The smallest absolute Gasteiger partial charge is 0.330 e. The minimum Gasteiger partial charge on any atom is -0.463 e. The van der Waals surface area contributed by atoms with Crippen LogP contribution in [0.2, 0.25) is 19.1 Å². The Kier molecular flexibility index (Phi) is 6.33. The van der Waals surface area contributed by atoms with Gasteiger partial charge in [0.05, 0.1) is 6.61 Å². The summed E-state index contributed by atoms with van der Waals surface area (Å²) >= 11 is 3.66. The van der Waals surface area contributed by atoms with Crippen LogP contribution in [0.3, 0.4) is 0 Å². The summed E-state index contributed by atoms with van der Waals surface area (Å²) < 4.78 is 4.95. The molecule has 0 bridgehead atoms. The van der Waals surface area contributed by atoms with Crippen LogP contribution >= 0.6 is 15.3 Å².